The maximum Gasteiger partial charge on any atom is 0.145 e. The zero-order valence-corrected chi connectivity index (χ0v) is 12.8. The molecule has 0 amide bonds. The summed E-state index contributed by atoms with van der Waals surface area (Å²) in [5, 5.41) is 0. The molecule has 1 rings (SSSR count). The van der Waals surface area contributed by atoms with Crippen LogP contribution in [0.2, 0.25) is 0 Å². The van der Waals surface area contributed by atoms with Crippen LogP contribution in [0.15, 0.2) is 29.8 Å². The van der Waals surface area contributed by atoms with Crippen molar-refractivity contribution >= 4 is 12.4 Å². The van der Waals surface area contributed by atoms with E-state index in [1.807, 2.05) is 13.0 Å². The molecule has 1 aromatic rings. The van der Waals surface area contributed by atoms with Gasteiger partial charge >= 0.3 is 0 Å². The van der Waals surface area contributed by atoms with Crippen molar-refractivity contribution in [2.45, 2.75) is 47.0 Å². The van der Waals surface area contributed by atoms with Gasteiger partial charge in [-0.3, -0.25) is 4.79 Å². The summed E-state index contributed by atoms with van der Waals surface area (Å²) in [6.45, 7) is 11.0. The fourth-order valence-corrected chi connectivity index (χ4v) is 2.44. The van der Waals surface area contributed by atoms with Crippen molar-refractivity contribution in [3.8, 4) is 0 Å². The topological polar surface area (TPSA) is 17.1 Å². The summed E-state index contributed by atoms with van der Waals surface area (Å²) in [6, 6.07) is 8.63. The normalized spacial score (nSPS) is 13.9. The quantitative estimate of drug-likeness (QED) is 0.514. The fourth-order valence-electron chi connectivity index (χ4n) is 2.44. The van der Waals surface area contributed by atoms with Crippen molar-refractivity contribution in [2.24, 2.45) is 11.8 Å². The van der Waals surface area contributed by atoms with Crippen LogP contribution >= 0.6 is 0 Å². The van der Waals surface area contributed by atoms with Gasteiger partial charge in [-0.25, -0.2) is 0 Å². The van der Waals surface area contributed by atoms with Crippen molar-refractivity contribution in [1.82, 2.24) is 0 Å². The Balaban J connectivity index is 2.92. The van der Waals surface area contributed by atoms with Gasteiger partial charge in [0, 0.05) is 0 Å². The van der Waals surface area contributed by atoms with Gasteiger partial charge in [-0.1, -0.05) is 52.0 Å². The summed E-state index contributed by atoms with van der Waals surface area (Å²) in [7, 11) is 0. The summed E-state index contributed by atoms with van der Waals surface area (Å²) in [5.74, 6) is 1.98. The molecule has 0 aromatic heterocycles. The lowest BCUT2D eigenvalue weighted by Gasteiger charge is -2.23. The lowest BCUT2D eigenvalue weighted by Crippen LogP contribution is -2.09. The predicted molar refractivity (Wildman–Crippen MR) is 83.2 cm³/mol. The van der Waals surface area contributed by atoms with Crippen LogP contribution < -0.4 is 0 Å². The maximum absolute atomic E-state index is 10.6. The molecule has 1 aromatic carbocycles. The Morgan fingerprint density at radius 1 is 1.11 bits per heavy atom. The van der Waals surface area contributed by atoms with Crippen LogP contribution in [0.3, 0.4) is 0 Å². The standard InChI is InChI=1S/C18H26O/c1-13(2)10-18(14(3)4)17-8-6-16(7-9-17)11-15(5)12-19/h6-9,11-14,18H,10H2,1-5H3/b15-11+. The predicted octanol–water partition coefficient (Wildman–Crippen LogP) is 5.07. The first kappa shape index (κ1) is 15.7. The van der Waals surface area contributed by atoms with Crippen LogP contribution in [-0.4, -0.2) is 6.29 Å². The van der Waals surface area contributed by atoms with Crippen LogP contribution in [0.5, 0.6) is 0 Å². The molecular weight excluding hydrogens is 232 g/mol. The minimum atomic E-state index is 0.616. The van der Waals surface area contributed by atoms with Crippen LogP contribution in [0.4, 0.5) is 0 Å². The summed E-state index contributed by atoms with van der Waals surface area (Å²) >= 11 is 0. The van der Waals surface area contributed by atoms with Gasteiger partial charge in [-0.15, -0.1) is 0 Å². The van der Waals surface area contributed by atoms with E-state index in [1.165, 1.54) is 12.0 Å². The molecule has 0 radical (unpaired) electrons. The monoisotopic (exact) mass is 258 g/mol. The van der Waals surface area contributed by atoms with Crippen LogP contribution in [-0.2, 0) is 4.79 Å². The number of allylic oxidation sites excluding steroid dienone is 1. The Kier molecular flexibility index (Phi) is 6.01. The third-order valence-corrected chi connectivity index (χ3v) is 3.47. The van der Waals surface area contributed by atoms with Crippen molar-refractivity contribution < 1.29 is 4.79 Å². The van der Waals surface area contributed by atoms with Gasteiger partial charge in [0.25, 0.3) is 0 Å². The summed E-state index contributed by atoms with van der Waals surface area (Å²) in [6.07, 6.45) is 4.04. The van der Waals surface area contributed by atoms with Crippen molar-refractivity contribution in [3.05, 3.63) is 41.0 Å². The third-order valence-electron chi connectivity index (χ3n) is 3.47. The first-order chi connectivity index (χ1) is 8.93. The molecule has 0 aliphatic rings. The molecule has 104 valence electrons. The Labute approximate surface area is 117 Å². The number of hydrogen-bond acceptors (Lipinski definition) is 1. The van der Waals surface area contributed by atoms with E-state index < -0.39 is 0 Å². The average molecular weight is 258 g/mol. The van der Waals surface area contributed by atoms with E-state index in [0.717, 1.165) is 17.4 Å². The number of rotatable bonds is 6. The van der Waals surface area contributed by atoms with E-state index in [2.05, 4.69) is 52.0 Å². The highest BCUT2D eigenvalue weighted by molar-refractivity contribution is 5.80. The Morgan fingerprint density at radius 2 is 1.68 bits per heavy atom. The number of carbonyl (C=O) groups is 1. The van der Waals surface area contributed by atoms with Gasteiger partial charge in [-0.2, -0.15) is 0 Å². The molecule has 0 aliphatic carbocycles. The van der Waals surface area contributed by atoms with E-state index >= 15 is 0 Å². The molecule has 19 heavy (non-hydrogen) atoms. The second kappa shape index (κ2) is 7.28. The van der Waals surface area contributed by atoms with E-state index in [0.29, 0.717) is 17.8 Å². The van der Waals surface area contributed by atoms with Gasteiger partial charge in [-0.05, 0) is 53.9 Å². The molecule has 0 spiro atoms. The SMILES string of the molecule is C/C(C=O)=C\c1ccc(C(CC(C)C)C(C)C)cc1. The van der Waals surface area contributed by atoms with Gasteiger partial charge in [0.2, 0.25) is 0 Å². The Hall–Kier alpha value is -1.37. The first-order valence-electron chi connectivity index (χ1n) is 7.17. The van der Waals surface area contributed by atoms with Crippen LogP contribution in [0, 0.1) is 11.8 Å². The van der Waals surface area contributed by atoms with Gasteiger partial charge in [0.15, 0.2) is 0 Å². The highest BCUT2D eigenvalue weighted by Crippen LogP contribution is 2.31. The molecule has 0 aliphatic heterocycles. The highest BCUT2D eigenvalue weighted by atomic mass is 16.1. The minimum absolute atomic E-state index is 0.616. The average Bonchev–Trinajstić information content (AvgIpc) is 2.36. The third kappa shape index (κ3) is 5.02. The number of benzene rings is 1. The highest BCUT2D eigenvalue weighted by Gasteiger charge is 2.16. The fraction of sp³-hybridized carbons (Fsp3) is 0.500. The number of aldehydes is 1. The van der Waals surface area contributed by atoms with Crippen molar-refractivity contribution in [1.29, 1.82) is 0 Å². The lowest BCUT2D eigenvalue weighted by molar-refractivity contribution is -0.104. The molecule has 0 heterocycles. The lowest BCUT2D eigenvalue weighted by atomic mass is 9.82. The molecule has 0 N–H and O–H groups in total. The molecule has 0 bridgehead atoms. The molecule has 1 heteroatoms. The maximum atomic E-state index is 10.6. The zero-order valence-electron chi connectivity index (χ0n) is 12.8. The van der Waals surface area contributed by atoms with Gasteiger partial charge in [0.1, 0.15) is 6.29 Å². The van der Waals surface area contributed by atoms with E-state index in [-0.39, 0.29) is 0 Å². The van der Waals surface area contributed by atoms with Crippen molar-refractivity contribution in [2.75, 3.05) is 0 Å². The van der Waals surface area contributed by atoms with Crippen molar-refractivity contribution in [3.63, 3.8) is 0 Å². The molecule has 0 fully saturated rings. The largest absolute Gasteiger partial charge is 0.298 e. The molecule has 1 nitrogen and oxygen atoms in total. The van der Waals surface area contributed by atoms with Crippen LogP contribution in [0.25, 0.3) is 6.08 Å². The van der Waals surface area contributed by atoms with E-state index in [1.54, 1.807) is 0 Å². The summed E-state index contributed by atoms with van der Waals surface area (Å²) < 4.78 is 0. The Bertz CT molecular complexity index is 424. The minimum Gasteiger partial charge on any atom is -0.298 e. The summed E-state index contributed by atoms with van der Waals surface area (Å²) in [4.78, 5) is 10.6. The summed E-state index contributed by atoms with van der Waals surface area (Å²) in [5.41, 5.74) is 3.26. The molecule has 1 atom stereocenters. The van der Waals surface area contributed by atoms with Gasteiger partial charge in [0.05, 0.1) is 0 Å². The molecule has 0 saturated heterocycles. The molecule has 0 saturated carbocycles. The Morgan fingerprint density at radius 3 is 2.11 bits per heavy atom. The van der Waals surface area contributed by atoms with E-state index in [9.17, 15) is 4.79 Å². The van der Waals surface area contributed by atoms with E-state index in [4.69, 9.17) is 0 Å². The van der Waals surface area contributed by atoms with Gasteiger partial charge < -0.3 is 0 Å². The smallest absolute Gasteiger partial charge is 0.145 e. The zero-order chi connectivity index (χ0) is 14.4. The number of carbonyl (C=O) groups excluding carboxylic acids is 1. The molecular formula is C18H26O. The molecule has 1 unspecified atom stereocenters. The second-order valence-corrected chi connectivity index (χ2v) is 6.15. The van der Waals surface area contributed by atoms with Crippen LogP contribution in [0.1, 0.15) is 58.1 Å². The second-order valence-electron chi connectivity index (χ2n) is 6.15. The number of hydrogen-bond donors (Lipinski definition) is 0. The first-order valence-corrected chi connectivity index (χ1v) is 7.17.